The van der Waals surface area contributed by atoms with Gasteiger partial charge < -0.3 is 4.98 Å². The van der Waals surface area contributed by atoms with Gasteiger partial charge in [-0.15, -0.1) is 0 Å². The summed E-state index contributed by atoms with van der Waals surface area (Å²) >= 11 is 3.49. The van der Waals surface area contributed by atoms with E-state index in [1.165, 1.54) is 5.56 Å². The van der Waals surface area contributed by atoms with Gasteiger partial charge in [0, 0.05) is 20.9 Å². The van der Waals surface area contributed by atoms with E-state index in [-0.39, 0.29) is 5.56 Å². The summed E-state index contributed by atoms with van der Waals surface area (Å²) in [4.78, 5) is 14.6. The summed E-state index contributed by atoms with van der Waals surface area (Å²) in [6.07, 6.45) is 0.945. The Morgan fingerprint density at radius 2 is 2.07 bits per heavy atom. The van der Waals surface area contributed by atoms with Crippen molar-refractivity contribution in [2.45, 2.75) is 20.3 Å². The second kappa shape index (κ2) is 3.81. The first kappa shape index (κ1) is 10.4. The van der Waals surface area contributed by atoms with E-state index < -0.39 is 0 Å². The van der Waals surface area contributed by atoms with Crippen LogP contribution in [0.2, 0.25) is 0 Å². The lowest BCUT2D eigenvalue weighted by molar-refractivity contribution is 1.13. The fourth-order valence-corrected chi connectivity index (χ4v) is 2.13. The first-order chi connectivity index (χ1) is 7.13. The van der Waals surface area contributed by atoms with Gasteiger partial charge in [-0.25, -0.2) is 0 Å². The summed E-state index contributed by atoms with van der Waals surface area (Å²) in [5.74, 6) is 0. The minimum Gasteiger partial charge on any atom is -0.325 e. The molecule has 0 fully saturated rings. The number of aromatic amines is 1. The topological polar surface area (TPSA) is 32.9 Å². The number of fused-ring (bicyclic) bond motifs is 1. The van der Waals surface area contributed by atoms with E-state index in [9.17, 15) is 4.79 Å². The fourth-order valence-electron chi connectivity index (χ4n) is 1.69. The molecule has 2 aromatic rings. The van der Waals surface area contributed by atoms with Crippen molar-refractivity contribution in [3.63, 3.8) is 0 Å². The Bertz CT molecular complexity index is 572. The fraction of sp³-hybridized carbons (Fsp3) is 0.250. The maximum Gasteiger partial charge on any atom is 0.256 e. The molecule has 1 N–H and O–H groups in total. The molecule has 78 valence electrons. The Labute approximate surface area is 96.5 Å². The van der Waals surface area contributed by atoms with Crippen molar-refractivity contribution in [3.8, 4) is 0 Å². The van der Waals surface area contributed by atoms with Crippen molar-refractivity contribution in [2.24, 2.45) is 0 Å². The highest BCUT2D eigenvalue weighted by Crippen LogP contribution is 2.24. The van der Waals surface area contributed by atoms with E-state index in [1.54, 1.807) is 0 Å². The van der Waals surface area contributed by atoms with Gasteiger partial charge in [0.15, 0.2) is 0 Å². The summed E-state index contributed by atoms with van der Waals surface area (Å²) in [7, 11) is 0. The quantitative estimate of drug-likeness (QED) is 0.844. The zero-order chi connectivity index (χ0) is 11.0. The van der Waals surface area contributed by atoms with Gasteiger partial charge in [0.25, 0.3) is 5.56 Å². The second-order valence-electron chi connectivity index (χ2n) is 3.63. The summed E-state index contributed by atoms with van der Waals surface area (Å²) in [6, 6.07) is 6.02. The number of rotatable bonds is 1. The second-order valence-corrected chi connectivity index (χ2v) is 4.42. The molecule has 1 aromatic heterocycles. The number of nitrogens with one attached hydrogen (secondary N) is 1. The van der Waals surface area contributed by atoms with Crippen LogP contribution in [0.1, 0.15) is 18.2 Å². The summed E-state index contributed by atoms with van der Waals surface area (Å²) in [5, 5.41) is 1.74. The molecule has 0 spiro atoms. The number of pyridine rings is 1. The van der Waals surface area contributed by atoms with Crippen LogP contribution in [0, 0.1) is 6.92 Å². The lowest BCUT2D eigenvalue weighted by atomic mass is 10.1. The standard InChI is InChI=1S/C12H12BrNO/c1-3-8-4-5-9-10(6-8)12(15)14-7(2)11(9)13/h4-6H,3H2,1-2H3,(H,14,15). The third-order valence-electron chi connectivity index (χ3n) is 2.60. The molecule has 15 heavy (non-hydrogen) atoms. The Hall–Kier alpha value is -1.09. The molecule has 3 heteroatoms. The Morgan fingerprint density at radius 3 is 2.73 bits per heavy atom. The highest BCUT2D eigenvalue weighted by Gasteiger charge is 2.06. The largest absolute Gasteiger partial charge is 0.325 e. The molecule has 0 saturated carbocycles. The number of hydrogen-bond acceptors (Lipinski definition) is 1. The van der Waals surface area contributed by atoms with Crippen LogP contribution in [0.3, 0.4) is 0 Å². The molecule has 2 nitrogen and oxygen atoms in total. The Morgan fingerprint density at radius 1 is 1.33 bits per heavy atom. The molecule has 1 aromatic carbocycles. The monoisotopic (exact) mass is 265 g/mol. The van der Waals surface area contributed by atoms with Crippen LogP contribution in [-0.2, 0) is 6.42 Å². The van der Waals surface area contributed by atoms with E-state index in [4.69, 9.17) is 0 Å². The molecule has 0 unspecified atom stereocenters. The van der Waals surface area contributed by atoms with E-state index in [0.29, 0.717) is 0 Å². The van der Waals surface area contributed by atoms with Crippen molar-refractivity contribution in [1.82, 2.24) is 4.98 Å². The molecule has 0 saturated heterocycles. The average Bonchev–Trinajstić information content (AvgIpc) is 2.25. The molecular weight excluding hydrogens is 254 g/mol. The first-order valence-electron chi connectivity index (χ1n) is 4.94. The van der Waals surface area contributed by atoms with E-state index in [1.807, 2.05) is 19.1 Å². The summed E-state index contributed by atoms with van der Waals surface area (Å²) in [6.45, 7) is 3.97. The van der Waals surface area contributed by atoms with Crippen molar-refractivity contribution < 1.29 is 0 Å². The summed E-state index contributed by atoms with van der Waals surface area (Å²) in [5.41, 5.74) is 2.04. The molecule has 0 radical (unpaired) electrons. The molecule has 0 aliphatic rings. The minimum atomic E-state index is -0.0130. The van der Waals surface area contributed by atoms with Crippen LogP contribution in [0.15, 0.2) is 27.5 Å². The van der Waals surface area contributed by atoms with Gasteiger partial charge >= 0.3 is 0 Å². The lowest BCUT2D eigenvalue weighted by Crippen LogP contribution is -2.08. The third kappa shape index (κ3) is 1.72. The van der Waals surface area contributed by atoms with Crippen LogP contribution in [0.5, 0.6) is 0 Å². The molecule has 2 rings (SSSR count). The van der Waals surface area contributed by atoms with E-state index in [2.05, 4.69) is 33.9 Å². The number of H-pyrrole nitrogens is 1. The minimum absolute atomic E-state index is 0.0130. The Balaban J connectivity index is 2.90. The van der Waals surface area contributed by atoms with Gasteiger partial charge in [0.05, 0.1) is 0 Å². The molecule has 0 atom stereocenters. The zero-order valence-corrected chi connectivity index (χ0v) is 10.3. The van der Waals surface area contributed by atoms with Crippen LogP contribution in [0.4, 0.5) is 0 Å². The molecule has 0 aliphatic carbocycles. The van der Waals surface area contributed by atoms with Gasteiger partial charge in [0.1, 0.15) is 0 Å². The van der Waals surface area contributed by atoms with Gasteiger partial charge in [-0.3, -0.25) is 4.79 Å². The maximum absolute atomic E-state index is 11.7. The number of aromatic nitrogens is 1. The number of hydrogen-bond donors (Lipinski definition) is 1. The normalized spacial score (nSPS) is 10.9. The highest BCUT2D eigenvalue weighted by atomic mass is 79.9. The molecule has 0 bridgehead atoms. The van der Waals surface area contributed by atoms with Gasteiger partial charge in [-0.2, -0.15) is 0 Å². The van der Waals surface area contributed by atoms with Crippen molar-refractivity contribution in [2.75, 3.05) is 0 Å². The zero-order valence-electron chi connectivity index (χ0n) is 8.73. The summed E-state index contributed by atoms with van der Waals surface area (Å²) < 4.78 is 0.972. The van der Waals surface area contributed by atoms with Gasteiger partial charge in [-0.1, -0.05) is 19.1 Å². The van der Waals surface area contributed by atoms with E-state index >= 15 is 0 Å². The molecular formula is C12H12BrNO. The molecule has 0 aliphatic heterocycles. The lowest BCUT2D eigenvalue weighted by Gasteiger charge is -2.05. The van der Waals surface area contributed by atoms with E-state index in [0.717, 1.165) is 27.4 Å². The Kier molecular flexibility index (Phi) is 2.65. The molecule has 1 heterocycles. The van der Waals surface area contributed by atoms with Crippen molar-refractivity contribution in [3.05, 3.63) is 44.3 Å². The van der Waals surface area contributed by atoms with Crippen molar-refractivity contribution in [1.29, 1.82) is 0 Å². The average molecular weight is 266 g/mol. The first-order valence-corrected chi connectivity index (χ1v) is 5.73. The van der Waals surface area contributed by atoms with Gasteiger partial charge in [-0.05, 0) is 40.9 Å². The predicted octanol–water partition coefficient (Wildman–Crippen LogP) is 3.16. The SMILES string of the molecule is CCc1ccc2c(Br)c(C)[nH]c(=O)c2c1. The number of aryl methyl sites for hydroxylation is 2. The predicted molar refractivity (Wildman–Crippen MR) is 66.4 cm³/mol. The van der Waals surface area contributed by atoms with Crippen LogP contribution in [-0.4, -0.2) is 4.98 Å². The number of halogens is 1. The van der Waals surface area contributed by atoms with Crippen LogP contribution < -0.4 is 5.56 Å². The van der Waals surface area contributed by atoms with Crippen molar-refractivity contribution >= 4 is 26.7 Å². The maximum atomic E-state index is 11.7. The van der Waals surface area contributed by atoms with Crippen LogP contribution in [0.25, 0.3) is 10.8 Å². The molecule has 0 amide bonds. The third-order valence-corrected chi connectivity index (χ3v) is 3.63. The smallest absolute Gasteiger partial charge is 0.256 e. The van der Waals surface area contributed by atoms with Gasteiger partial charge in [0.2, 0.25) is 0 Å². The number of benzene rings is 1. The highest BCUT2D eigenvalue weighted by molar-refractivity contribution is 9.10. The van der Waals surface area contributed by atoms with Crippen LogP contribution >= 0.6 is 15.9 Å².